The lowest BCUT2D eigenvalue weighted by Gasteiger charge is -2.14. The second-order valence-corrected chi connectivity index (χ2v) is 8.97. The lowest BCUT2D eigenvalue weighted by atomic mass is 10.2. The normalized spacial score (nSPS) is 12.1. The average Bonchev–Trinajstić information content (AvgIpc) is 3.28. The summed E-state index contributed by atoms with van der Waals surface area (Å²) < 4.78 is 7.62. The van der Waals surface area contributed by atoms with Crippen LogP contribution in [0, 0.1) is 0 Å². The van der Waals surface area contributed by atoms with Gasteiger partial charge in [-0.05, 0) is 50.2 Å². The third-order valence-electron chi connectivity index (χ3n) is 5.37. The van der Waals surface area contributed by atoms with E-state index in [1.807, 2.05) is 91.2 Å². The van der Waals surface area contributed by atoms with Gasteiger partial charge in [-0.3, -0.25) is 9.36 Å². The van der Waals surface area contributed by atoms with Gasteiger partial charge in [0.2, 0.25) is 0 Å². The largest absolute Gasteiger partial charge is 0.494 e. The highest BCUT2D eigenvalue weighted by Crippen LogP contribution is 2.36. The number of nitrogens with zero attached hydrogens (tertiary/aromatic N) is 4. The van der Waals surface area contributed by atoms with Crippen molar-refractivity contribution >= 4 is 22.7 Å². The highest BCUT2D eigenvalue weighted by Gasteiger charge is 2.21. The highest BCUT2D eigenvalue weighted by molar-refractivity contribution is 7.99. The summed E-state index contributed by atoms with van der Waals surface area (Å²) in [6, 6.07) is 25.1. The van der Waals surface area contributed by atoms with Gasteiger partial charge in [-0.15, -0.1) is 10.2 Å². The predicted octanol–water partition coefficient (Wildman–Crippen LogP) is 5.42. The average molecular weight is 470 g/mol. The molecule has 3 aromatic carbocycles. The van der Waals surface area contributed by atoms with Crippen LogP contribution in [-0.4, -0.2) is 31.3 Å². The fraction of sp³-hybridized carbons (Fsp3) is 0.154. The quantitative estimate of drug-likeness (QED) is 0.320. The van der Waals surface area contributed by atoms with Crippen LogP contribution in [-0.2, 0) is 0 Å². The Morgan fingerprint density at radius 2 is 1.71 bits per heavy atom. The number of aromatic amines is 1. The Labute approximate surface area is 200 Å². The fourth-order valence-electron chi connectivity index (χ4n) is 3.72. The number of rotatable bonds is 7. The van der Waals surface area contributed by atoms with Crippen LogP contribution in [0.5, 0.6) is 5.75 Å². The summed E-state index contributed by atoms with van der Waals surface area (Å²) in [6.07, 6.45) is 0. The molecule has 0 aliphatic carbocycles. The Morgan fingerprint density at radius 3 is 2.47 bits per heavy atom. The van der Waals surface area contributed by atoms with Crippen molar-refractivity contribution in [3.8, 4) is 22.8 Å². The standard InChI is InChI=1S/C26H23N5O2S/c1-3-33-20-15-13-19(14-16-20)31-24(18-9-5-4-6-10-18)29-30-26(31)34-17(2)23-27-22-12-8-7-11-21(22)25(32)28-23/h4-17H,3H2,1-2H3,(H,27,28,32). The van der Waals surface area contributed by atoms with Crippen molar-refractivity contribution in [2.24, 2.45) is 0 Å². The van der Waals surface area contributed by atoms with Crippen molar-refractivity contribution in [3.05, 3.63) is 95.0 Å². The van der Waals surface area contributed by atoms with Gasteiger partial charge in [-0.25, -0.2) is 4.98 Å². The van der Waals surface area contributed by atoms with Gasteiger partial charge in [0.05, 0.1) is 22.8 Å². The Morgan fingerprint density at radius 1 is 0.971 bits per heavy atom. The number of nitrogens with one attached hydrogen (secondary N) is 1. The molecule has 0 radical (unpaired) electrons. The summed E-state index contributed by atoms with van der Waals surface area (Å²) in [4.78, 5) is 20.2. The van der Waals surface area contributed by atoms with Gasteiger partial charge < -0.3 is 9.72 Å². The Kier molecular flexibility index (Phi) is 6.14. The zero-order chi connectivity index (χ0) is 23.5. The minimum absolute atomic E-state index is 0.147. The lowest BCUT2D eigenvalue weighted by molar-refractivity contribution is 0.340. The Bertz CT molecular complexity index is 1480. The molecule has 8 heteroatoms. The molecule has 5 aromatic rings. The van der Waals surface area contributed by atoms with E-state index >= 15 is 0 Å². The summed E-state index contributed by atoms with van der Waals surface area (Å²) in [5.41, 5.74) is 2.40. The van der Waals surface area contributed by atoms with Crippen LogP contribution in [0.2, 0.25) is 0 Å². The molecule has 0 aliphatic heterocycles. The van der Waals surface area contributed by atoms with E-state index in [2.05, 4.69) is 20.2 Å². The van der Waals surface area contributed by atoms with Crippen LogP contribution in [0.15, 0.2) is 88.8 Å². The van der Waals surface area contributed by atoms with Gasteiger partial charge >= 0.3 is 0 Å². The molecule has 0 saturated carbocycles. The number of hydrogen-bond donors (Lipinski definition) is 1. The first kappa shape index (κ1) is 21.9. The van der Waals surface area contributed by atoms with Crippen molar-refractivity contribution in [1.82, 2.24) is 24.7 Å². The van der Waals surface area contributed by atoms with Crippen molar-refractivity contribution < 1.29 is 4.74 Å². The second-order valence-electron chi connectivity index (χ2n) is 7.66. The van der Waals surface area contributed by atoms with Gasteiger partial charge in [0.1, 0.15) is 11.6 Å². The molecule has 0 saturated heterocycles. The number of thioether (sulfide) groups is 1. The molecule has 1 unspecified atom stereocenters. The van der Waals surface area contributed by atoms with Gasteiger partial charge in [0.25, 0.3) is 5.56 Å². The molecular formula is C26H23N5O2S. The third-order valence-corrected chi connectivity index (χ3v) is 6.42. The van der Waals surface area contributed by atoms with Gasteiger partial charge in [-0.1, -0.05) is 54.2 Å². The molecule has 170 valence electrons. The van der Waals surface area contributed by atoms with Crippen LogP contribution in [0.3, 0.4) is 0 Å². The van der Waals surface area contributed by atoms with Gasteiger partial charge in [0, 0.05) is 11.3 Å². The number of fused-ring (bicyclic) bond motifs is 1. The van der Waals surface area contributed by atoms with Crippen LogP contribution < -0.4 is 10.3 Å². The number of benzene rings is 3. The van der Waals surface area contributed by atoms with E-state index in [9.17, 15) is 4.79 Å². The summed E-state index contributed by atoms with van der Waals surface area (Å²) in [5, 5.41) is 10.1. The molecule has 2 heterocycles. The van der Waals surface area contributed by atoms with Crippen molar-refractivity contribution in [3.63, 3.8) is 0 Å². The lowest BCUT2D eigenvalue weighted by Crippen LogP contribution is -2.13. The molecule has 0 aliphatic rings. The van der Waals surface area contributed by atoms with Crippen molar-refractivity contribution in [2.45, 2.75) is 24.3 Å². The zero-order valence-electron chi connectivity index (χ0n) is 18.8. The first-order valence-corrected chi connectivity index (χ1v) is 11.9. The second kappa shape index (κ2) is 9.52. The molecule has 0 amide bonds. The maximum Gasteiger partial charge on any atom is 0.258 e. The van der Waals surface area contributed by atoms with Crippen LogP contribution >= 0.6 is 11.8 Å². The van der Waals surface area contributed by atoms with E-state index in [1.54, 1.807) is 6.07 Å². The topological polar surface area (TPSA) is 85.7 Å². The summed E-state index contributed by atoms with van der Waals surface area (Å²) in [6.45, 7) is 4.57. The molecule has 1 N–H and O–H groups in total. The predicted molar refractivity (Wildman–Crippen MR) is 135 cm³/mol. The van der Waals surface area contributed by atoms with E-state index < -0.39 is 0 Å². The van der Waals surface area contributed by atoms with E-state index in [1.165, 1.54) is 11.8 Å². The van der Waals surface area contributed by atoms with Crippen molar-refractivity contribution in [1.29, 1.82) is 0 Å². The molecular weight excluding hydrogens is 446 g/mol. The number of ether oxygens (including phenoxy) is 1. The number of H-pyrrole nitrogens is 1. The van der Waals surface area contributed by atoms with Gasteiger partial charge in [-0.2, -0.15) is 0 Å². The molecule has 5 rings (SSSR count). The first-order chi connectivity index (χ1) is 16.6. The maximum atomic E-state index is 12.6. The van der Waals surface area contributed by atoms with E-state index in [-0.39, 0.29) is 10.8 Å². The summed E-state index contributed by atoms with van der Waals surface area (Å²) in [7, 11) is 0. The zero-order valence-corrected chi connectivity index (χ0v) is 19.6. The highest BCUT2D eigenvalue weighted by atomic mass is 32.2. The molecule has 1 atom stereocenters. The molecule has 0 bridgehead atoms. The molecule has 7 nitrogen and oxygen atoms in total. The molecule has 0 fully saturated rings. The molecule has 34 heavy (non-hydrogen) atoms. The minimum Gasteiger partial charge on any atom is -0.494 e. The fourth-order valence-corrected chi connectivity index (χ4v) is 4.65. The number of para-hydroxylation sites is 1. The molecule has 2 aromatic heterocycles. The minimum atomic E-state index is -0.161. The maximum absolute atomic E-state index is 12.6. The SMILES string of the molecule is CCOc1ccc(-n2c(SC(C)c3nc4ccccc4c(=O)[nH]3)nnc2-c2ccccc2)cc1. The monoisotopic (exact) mass is 469 g/mol. The van der Waals surface area contributed by atoms with E-state index in [0.29, 0.717) is 28.5 Å². The smallest absolute Gasteiger partial charge is 0.258 e. The van der Waals surface area contributed by atoms with Crippen LogP contribution in [0.25, 0.3) is 28.0 Å². The number of hydrogen-bond acceptors (Lipinski definition) is 6. The number of aromatic nitrogens is 5. The van der Waals surface area contributed by atoms with Gasteiger partial charge in [0.15, 0.2) is 11.0 Å². The van der Waals surface area contributed by atoms with Crippen molar-refractivity contribution in [2.75, 3.05) is 6.61 Å². The first-order valence-electron chi connectivity index (χ1n) is 11.0. The molecule has 0 spiro atoms. The van der Waals surface area contributed by atoms with E-state index in [0.717, 1.165) is 22.8 Å². The third kappa shape index (κ3) is 4.32. The van der Waals surface area contributed by atoms with Crippen LogP contribution in [0.1, 0.15) is 24.9 Å². The van der Waals surface area contributed by atoms with Crippen LogP contribution in [0.4, 0.5) is 0 Å². The summed E-state index contributed by atoms with van der Waals surface area (Å²) >= 11 is 1.49. The Hall–Kier alpha value is -3.91. The Balaban J connectivity index is 1.55. The van der Waals surface area contributed by atoms with E-state index in [4.69, 9.17) is 4.74 Å². The summed E-state index contributed by atoms with van der Waals surface area (Å²) in [5.74, 6) is 2.14.